The minimum atomic E-state index is -0.814. The van der Waals surface area contributed by atoms with Crippen molar-refractivity contribution < 1.29 is 14.3 Å². The van der Waals surface area contributed by atoms with Crippen molar-refractivity contribution in [3.05, 3.63) is 46.5 Å². The van der Waals surface area contributed by atoms with Gasteiger partial charge in [0.25, 0.3) is 5.91 Å². The van der Waals surface area contributed by atoms with Gasteiger partial charge in [-0.15, -0.1) is 11.3 Å². The second kappa shape index (κ2) is 5.88. The smallest absolute Gasteiger partial charge is 0.339 e. The monoisotopic (exact) mass is 316 g/mol. The van der Waals surface area contributed by atoms with Crippen molar-refractivity contribution >= 4 is 28.3 Å². The number of hydrogen-bond donors (Lipinski definition) is 1. The molecule has 1 atom stereocenters. The van der Waals surface area contributed by atoms with Crippen LogP contribution in [0, 0.1) is 0 Å². The minimum absolute atomic E-state index is 0.344. The number of benzene rings is 1. The van der Waals surface area contributed by atoms with Crippen molar-refractivity contribution in [3.63, 3.8) is 0 Å². The fraction of sp³-hybridized carbons (Fsp3) is 0.312. The summed E-state index contributed by atoms with van der Waals surface area (Å²) in [7, 11) is 0. The third kappa shape index (κ3) is 2.87. The average molecular weight is 316 g/mol. The number of fused-ring (bicyclic) bond motifs is 1. The van der Waals surface area contributed by atoms with Crippen LogP contribution in [-0.4, -0.2) is 23.0 Å². The van der Waals surface area contributed by atoms with E-state index in [0.29, 0.717) is 23.0 Å². The van der Waals surface area contributed by atoms with Gasteiger partial charge in [-0.3, -0.25) is 10.1 Å². The maximum atomic E-state index is 12.2. The molecule has 0 spiro atoms. The number of carbonyl (C=O) groups excluding carboxylic acids is 2. The SMILES string of the molecule is CC(C)c1ccc2c(c1)CC(C(=O)Nc1nccs1)OC2=O. The molecule has 22 heavy (non-hydrogen) atoms. The molecule has 2 aromatic rings. The van der Waals surface area contributed by atoms with Gasteiger partial charge in [-0.05, 0) is 23.1 Å². The molecule has 114 valence electrons. The second-order valence-electron chi connectivity index (χ2n) is 5.50. The summed E-state index contributed by atoms with van der Waals surface area (Å²) in [4.78, 5) is 28.3. The van der Waals surface area contributed by atoms with Crippen molar-refractivity contribution in [1.29, 1.82) is 0 Å². The number of carbonyl (C=O) groups is 2. The Bertz CT molecular complexity index is 710. The van der Waals surface area contributed by atoms with Crippen LogP contribution in [-0.2, 0) is 16.0 Å². The first kappa shape index (κ1) is 14.7. The van der Waals surface area contributed by atoms with Crippen molar-refractivity contribution in [2.45, 2.75) is 32.3 Å². The van der Waals surface area contributed by atoms with Crippen LogP contribution in [0.5, 0.6) is 0 Å². The molecular weight excluding hydrogens is 300 g/mol. The summed E-state index contributed by atoms with van der Waals surface area (Å²) in [6.45, 7) is 4.19. The molecule has 5 nitrogen and oxygen atoms in total. The van der Waals surface area contributed by atoms with Crippen LogP contribution in [0.25, 0.3) is 0 Å². The van der Waals surface area contributed by atoms with E-state index in [2.05, 4.69) is 24.1 Å². The molecule has 1 aliphatic heterocycles. The minimum Gasteiger partial charge on any atom is -0.448 e. The van der Waals surface area contributed by atoms with Crippen molar-refractivity contribution in [2.75, 3.05) is 5.32 Å². The Morgan fingerprint density at radius 2 is 2.27 bits per heavy atom. The van der Waals surface area contributed by atoms with Gasteiger partial charge in [0.2, 0.25) is 0 Å². The third-order valence-electron chi connectivity index (χ3n) is 3.63. The topological polar surface area (TPSA) is 68.3 Å². The first-order valence-corrected chi connectivity index (χ1v) is 7.96. The van der Waals surface area contributed by atoms with Crippen LogP contribution in [0.4, 0.5) is 5.13 Å². The van der Waals surface area contributed by atoms with Gasteiger partial charge in [-0.25, -0.2) is 9.78 Å². The van der Waals surface area contributed by atoms with Gasteiger partial charge in [0.1, 0.15) is 0 Å². The Morgan fingerprint density at radius 3 is 2.95 bits per heavy atom. The van der Waals surface area contributed by atoms with Crippen LogP contribution in [0.15, 0.2) is 29.8 Å². The van der Waals surface area contributed by atoms with Crippen LogP contribution in [0.2, 0.25) is 0 Å². The number of aromatic nitrogens is 1. The summed E-state index contributed by atoms with van der Waals surface area (Å²) in [6, 6.07) is 5.70. The standard InChI is InChI=1S/C16H16N2O3S/c1-9(2)10-3-4-12-11(7-10)8-13(21-15(12)20)14(19)18-16-17-5-6-22-16/h3-7,9,13H,8H2,1-2H3,(H,17,18,19). The summed E-state index contributed by atoms with van der Waals surface area (Å²) < 4.78 is 5.25. The number of thiazole rings is 1. The van der Waals surface area contributed by atoms with Crippen LogP contribution < -0.4 is 5.32 Å². The number of esters is 1. The number of rotatable bonds is 3. The van der Waals surface area contributed by atoms with E-state index < -0.39 is 12.1 Å². The molecule has 3 rings (SSSR count). The van der Waals surface area contributed by atoms with E-state index in [1.807, 2.05) is 12.1 Å². The van der Waals surface area contributed by atoms with Gasteiger partial charge in [0.05, 0.1) is 5.56 Å². The van der Waals surface area contributed by atoms with E-state index in [-0.39, 0.29) is 5.91 Å². The van der Waals surface area contributed by atoms with E-state index in [4.69, 9.17) is 4.74 Å². The lowest BCUT2D eigenvalue weighted by Gasteiger charge is -2.24. The summed E-state index contributed by atoms with van der Waals surface area (Å²) in [5.74, 6) is -0.425. The largest absolute Gasteiger partial charge is 0.448 e. The van der Waals surface area contributed by atoms with Crippen molar-refractivity contribution in [1.82, 2.24) is 4.98 Å². The first-order valence-electron chi connectivity index (χ1n) is 7.08. The lowest BCUT2D eigenvalue weighted by Crippen LogP contribution is -2.38. The summed E-state index contributed by atoms with van der Waals surface area (Å²) in [5.41, 5.74) is 2.55. The van der Waals surface area contributed by atoms with Crippen molar-refractivity contribution in [3.8, 4) is 0 Å². The first-order chi connectivity index (χ1) is 10.5. The van der Waals surface area contributed by atoms with Gasteiger partial charge < -0.3 is 4.74 Å². The zero-order chi connectivity index (χ0) is 15.7. The summed E-state index contributed by atoms with van der Waals surface area (Å²) >= 11 is 1.32. The number of cyclic esters (lactones) is 1. The zero-order valence-corrected chi connectivity index (χ0v) is 13.1. The van der Waals surface area contributed by atoms with E-state index in [0.717, 1.165) is 11.1 Å². The fourth-order valence-electron chi connectivity index (χ4n) is 2.39. The molecule has 0 saturated heterocycles. The lowest BCUT2D eigenvalue weighted by atomic mass is 9.92. The maximum Gasteiger partial charge on any atom is 0.339 e. The molecule has 1 aromatic carbocycles. The van der Waals surface area contributed by atoms with Gasteiger partial charge in [0, 0.05) is 18.0 Å². The van der Waals surface area contributed by atoms with Crippen LogP contribution in [0.1, 0.15) is 41.3 Å². The lowest BCUT2D eigenvalue weighted by molar-refractivity contribution is -0.125. The Kier molecular flexibility index (Phi) is 3.94. The molecule has 1 amide bonds. The Balaban J connectivity index is 1.81. The molecule has 1 aliphatic rings. The normalized spacial score (nSPS) is 17.0. The highest BCUT2D eigenvalue weighted by atomic mass is 32.1. The quantitative estimate of drug-likeness (QED) is 0.884. The van der Waals surface area contributed by atoms with Gasteiger partial charge >= 0.3 is 5.97 Å². The molecular formula is C16H16N2O3S. The average Bonchev–Trinajstić information content (AvgIpc) is 2.99. The molecule has 1 unspecified atom stereocenters. The Labute approximate surface area is 132 Å². The van der Waals surface area contributed by atoms with E-state index in [1.165, 1.54) is 11.3 Å². The fourth-order valence-corrected chi connectivity index (χ4v) is 2.92. The number of nitrogens with zero attached hydrogens (tertiary/aromatic N) is 1. The molecule has 1 N–H and O–H groups in total. The summed E-state index contributed by atoms with van der Waals surface area (Å²) in [6.07, 6.45) is 1.18. The Morgan fingerprint density at radius 1 is 1.45 bits per heavy atom. The van der Waals surface area contributed by atoms with Gasteiger partial charge in [0.15, 0.2) is 11.2 Å². The number of hydrogen-bond acceptors (Lipinski definition) is 5. The molecule has 0 aliphatic carbocycles. The van der Waals surface area contributed by atoms with Gasteiger partial charge in [-0.2, -0.15) is 0 Å². The van der Waals surface area contributed by atoms with E-state index in [9.17, 15) is 9.59 Å². The van der Waals surface area contributed by atoms with E-state index >= 15 is 0 Å². The van der Waals surface area contributed by atoms with Crippen LogP contribution in [0.3, 0.4) is 0 Å². The molecule has 2 heterocycles. The molecule has 6 heteroatoms. The number of nitrogens with one attached hydrogen (secondary N) is 1. The zero-order valence-electron chi connectivity index (χ0n) is 12.3. The molecule has 0 saturated carbocycles. The molecule has 0 radical (unpaired) electrons. The highest BCUT2D eigenvalue weighted by molar-refractivity contribution is 7.13. The predicted octanol–water partition coefficient (Wildman–Crippen LogP) is 2.99. The number of amides is 1. The molecule has 0 fully saturated rings. The third-order valence-corrected chi connectivity index (χ3v) is 4.31. The second-order valence-corrected chi connectivity index (χ2v) is 6.39. The summed E-state index contributed by atoms with van der Waals surface area (Å²) in [5, 5.41) is 4.94. The predicted molar refractivity (Wildman–Crippen MR) is 84.2 cm³/mol. The maximum absolute atomic E-state index is 12.2. The highest BCUT2D eigenvalue weighted by Gasteiger charge is 2.31. The van der Waals surface area contributed by atoms with Crippen LogP contribution >= 0.6 is 11.3 Å². The molecule has 1 aromatic heterocycles. The Hall–Kier alpha value is -2.21. The van der Waals surface area contributed by atoms with E-state index in [1.54, 1.807) is 17.6 Å². The number of ether oxygens (including phenoxy) is 1. The molecule has 0 bridgehead atoms. The van der Waals surface area contributed by atoms with Crippen molar-refractivity contribution in [2.24, 2.45) is 0 Å². The number of anilines is 1. The highest BCUT2D eigenvalue weighted by Crippen LogP contribution is 2.26. The van der Waals surface area contributed by atoms with Gasteiger partial charge in [-0.1, -0.05) is 26.0 Å².